The van der Waals surface area contributed by atoms with Crippen LogP contribution < -0.4 is 5.32 Å². The second kappa shape index (κ2) is 6.28. The number of hydrogen-bond acceptors (Lipinski definition) is 4. The van der Waals surface area contributed by atoms with Gasteiger partial charge in [0.1, 0.15) is 5.82 Å². The molecule has 8 heteroatoms. The lowest BCUT2D eigenvalue weighted by atomic mass is 10.1. The zero-order valence-electron chi connectivity index (χ0n) is 10.6. The second-order valence-corrected chi connectivity index (χ2v) is 4.53. The predicted molar refractivity (Wildman–Crippen MR) is 71.9 cm³/mol. The first-order chi connectivity index (χ1) is 9.90. The largest absolute Gasteiger partial charge is 0.433 e. The number of hydrogen-bond donors (Lipinski definition) is 2. The molecule has 0 saturated carbocycles. The molecule has 2 N–H and O–H groups in total. The van der Waals surface area contributed by atoms with Gasteiger partial charge >= 0.3 is 6.18 Å². The van der Waals surface area contributed by atoms with E-state index in [2.05, 4.69) is 15.3 Å². The van der Waals surface area contributed by atoms with E-state index < -0.39 is 23.2 Å². The van der Waals surface area contributed by atoms with Gasteiger partial charge in [-0.15, -0.1) is 0 Å². The topological polar surface area (TPSA) is 58.0 Å². The van der Waals surface area contributed by atoms with Crippen LogP contribution in [0.4, 0.5) is 19.0 Å². The number of rotatable bonds is 4. The number of aliphatic hydroxyl groups excluding tert-OH is 1. The Hall–Kier alpha value is -1.86. The normalized spacial score (nSPS) is 13.0. The van der Waals surface area contributed by atoms with E-state index in [1.54, 1.807) is 30.3 Å². The Morgan fingerprint density at radius 2 is 1.86 bits per heavy atom. The van der Waals surface area contributed by atoms with Crippen LogP contribution in [-0.2, 0) is 6.18 Å². The van der Waals surface area contributed by atoms with E-state index in [4.69, 9.17) is 11.6 Å². The van der Waals surface area contributed by atoms with Crippen LogP contribution in [0.15, 0.2) is 36.4 Å². The van der Waals surface area contributed by atoms with Gasteiger partial charge in [0.2, 0.25) is 5.28 Å². The average Bonchev–Trinajstić information content (AvgIpc) is 2.44. The minimum absolute atomic E-state index is 0.106. The maximum absolute atomic E-state index is 12.7. The smallest absolute Gasteiger partial charge is 0.394 e. The molecule has 1 aromatic carbocycles. The number of nitrogens with one attached hydrogen (secondary N) is 1. The number of nitrogens with zero attached hydrogens (tertiary/aromatic N) is 2. The molecule has 0 bridgehead atoms. The molecule has 0 spiro atoms. The number of halogens is 4. The van der Waals surface area contributed by atoms with Gasteiger partial charge in [-0.3, -0.25) is 0 Å². The summed E-state index contributed by atoms with van der Waals surface area (Å²) in [6, 6.07) is 8.93. The van der Waals surface area contributed by atoms with Crippen molar-refractivity contribution in [3.63, 3.8) is 0 Å². The van der Waals surface area contributed by atoms with Crippen LogP contribution in [0.1, 0.15) is 17.3 Å². The van der Waals surface area contributed by atoms with Crippen molar-refractivity contribution >= 4 is 17.4 Å². The summed E-state index contributed by atoms with van der Waals surface area (Å²) in [5.41, 5.74) is -0.432. The zero-order chi connectivity index (χ0) is 15.5. The highest BCUT2D eigenvalue weighted by Gasteiger charge is 2.33. The first kappa shape index (κ1) is 15.5. The number of benzene rings is 1. The summed E-state index contributed by atoms with van der Waals surface area (Å²) >= 11 is 5.50. The summed E-state index contributed by atoms with van der Waals surface area (Å²) in [5, 5.41) is 11.6. The fourth-order valence-corrected chi connectivity index (χ4v) is 1.92. The highest BCUT2D eigenvalue weighted by molar-refractivity contribution is 6.28. The third-order valence-electron chi connectivity index (χ3n) is 2.70. The van der Waals surface area contributed by atoms with E-state index in [9.17, 15) is 18.3 Å². The molecule has 1 unspecified atom stereocenters. The molecule has 0 amide bonds. The van der Waals surface area contributed by atoms with Gasteiger partial charge in [-0.1, -0.05) is 30.3 Å². The summed E-state index contributed by atoms with van der Waals surface area (Å²) < 4.78 is 38.0. The summed E-state index contributed by atoms with van der Waals surface area (Å²) in [6.45, 7) is -0.313. The number of anilines is 1. The van der Waals surface area contributed by atoms with Crippen molar-refractivity contribution in [1.82, 2.24) is 9.97 Å². The monoisotopic (exact) mass is 317 g/mol. The van der Waals surface area contributed by atoms with Crippen LogP contribution in [0.3, 0.4) is 0 Å². The van der Waals surface area contributed by atoms with Gasteiger partial charge in [0.05, 0.1) is 12.6 Å². The predicted octanol–water partition coefficient (Wildman–Crippen LogP) is 3.29. The summed E-state index contributed by atoms with van der Waals surface area (Å²) in [7, 11) is 0. The Kier molecular flexibility index (Phi) is 4.64. The van der Waals surface area contributed by atoms with Gasteiger partial charge in [0.15, 0.2) is 5.69 Å². The van der Waals surface area contributed by atoms with Gasteiger partial charge in [0.25, 0.3) is 0 Å². The molecule has 1 atom stereocenters. The molecular weight excluding hydrogens is 307 g/mol. The maximum atomic E-state index is 12.7. The third-order valence-corrected chi connectivity index (χ3v) is 2.86. The molecule has 1 heterocycles. The van der Waals surface area contributed by atoms with E-state index in [0.29, 0.717) is 5.56 Å². The molecule has 112 valence electrons. The van der Waals surface area contributed by atoms with E-state index in [1.807, 2.05) is 0 Å². The summed E-state index contributed by atoms with van der Waals surface area (Å²) in [5.74, 6) is -0.106. The average molecular weight is 318 g/mol. The molecule has 4 nitrogen and oxygen atoms in total. The first-order valence-electron chi connectivity index (χ1n) is 5.94. The quantitative estimate of drug-likeness (QED) is 0.850. The molecule has 0 radical (unpaired) electrons. The van der Waals surface area contributed by atoms with Crippen molar-refractivity contribution in [2.75, 3.05) is 11.9 Å². The van der Waals surface area contributed by atoms with E-state index >= 15 is 0 Å². The number of alkyl halides is 3. The SMILES string of the molecule is OCC(Nc1cc(C(F)(F)F)nc(Cl)n1)c1ccccc1. The molecule has 0 aliphatic carbocycles. The molecule has 1 aromatic heterocycles. The molecule has 0 saturated heterocycles. The van der Waals surface area contributed by atoms with Gasteiger partial charge in [-0.25, -0.2) is 9.97 Å². The van der Waals surface area contributed by atoms with Crippen LogP contribution in [0.2, 0.25) is 5.28 Å². The van der Waals surface area contributed by atoms with Crippen molar-refractivity contribution in [2.45, 2.75) is 12.2 Å². The Morgan fingerprint density at radius 1 is 1.19 bits per heavy atom. The van der Waals surface area contributed by atoms with Crippen LogP contribution >= 0.6 is 11.6 Å². The highest BCUT2D eigenvalue weighted by atomic mass is 35.5. The molecule has 2 rings (SSSR count). The fourth-order valence-electron chi connectivity index (χ4n) is 1.74. The van der Waals surface area contributed by atoms with Crippen molar-refractivity contribution in [2.24, 2.45) is 0 Å². The Balaban J connectivity index is 2.28. The third kappa shape index (κ3) is 4.05. The van der Waals surface area contributed by atoms with E-state index in [1.165, 1.54) is 0 Å². The number of aliphatic hydroxyl groups is 1. The van der Waals surface area contributed by atoms with Crippen molar-refractivity contribution in [3.8, 4) is 0 Å². The second-order valence-electron chi connectivity index (χ2n) is 4.20. The Bertz CT molecular complexity index is 607. The number of aromatic nitrogens is 2. The summed E-state index contributed by atoms with van der Waals surface area (Å²) in [4.78, 5) is 6.83. The van der Waals surface area contributed by atoms with Crippen molar-refractivity contribution in [1.29, 1.82) is 0 Å². The molecule has 0 aliphatic rings. The maximum Gasteiger partial charge on any atom is 0.433 e. The molecular formula is C13H11ClF3N3O. The lowest BCUT2D eigenvalue weighted by Crippen LogP contribution is -2.17. The minimum Gasteiger partial charge on any atom is -0.394 e. The lowest BCUT2D eigenvalue weighted by Gasteiger charge is -2.18. The molecule has 21 heavy (non-hydrogen) atoms. The minimum atomic E-state index is -4.62. The van der Waals surface area contributed by atoms with Crippen LogP contribution in [-0.4, -0.2) is 21.7 Å². The van der Waals surface area contributed by atoms with Crippen molar-refractivity contribution < 1.29 is 18.3 Å². The van der Waals surface area contributed by atoms with E-state index in [-0.39, 0.29) is 12.4 Å². The van der Waals surface area contributed by atoms with Crippen LogP contribution in [0.25, 0.3) is 0 Å². The Morgan fingerprint density at radius 3 is 2.43 bits per heavy atom. The fraction of sp³-hybridized carbons (Fsp3) is 0.231. The molecule has 0 aliphatic heterocycles. The molecule has 0 fully saturated rings. The Labute approximate surface area is 123 Å². The van der Waals surface area contributed by atoms with Crippen molar-refractivity contribution in [3.05, 3.63) is 52.9 Å². The van der Waals surface area contributed by atoms with Gasteiger partial charge in [0, 0.05) is 6.07 Å². The van der Waals surface area contributed by atoms with Gasteiger partial charge in [-0.05, 0) is 17.2 Å². The lowest BCUT2D eigenvalue weighted by molar-refractivity contribution is -0.141. The van der Waals surface area contributed by atoms with Gasteiger partial charge < -0.3 is 10.4 Å². The summed E-state index contributed by atoms with van der Waals surface area (Å²) in [6.07, 6.45) is -4.62. The van der Waals surface area contributed by atoms with E-state index in [0.717, 1.165) is 6.07 Å². The van der Waals surface area contributed by atoms with Gasteiger partial charge in [-0.2, -0.15) is 13.2 Å². The molecule has 2 aromatic rings. The standard InChI is InChI=1S/C13H11ClF3N3O/c14-12-19-10(13(15,16)17)6-11(20-12)18-9(7-21)8-4-2-1-3-5-8/h1-6,9,21H,7H2,(H,18,19,20). The first-order valence-corrected chi connectivity index (χ1v) is 6.32. The highest BCUT2D eigenvalue weighted by Crippen LogP contribution is 2.30. The van der Waals surface area contributed by atoms with Crippen LogP contribution in [0, 0.1) is 0 Å². The zero-order valence-corrected chi connectivity index (χ0v) is 11.4. The van der Waals surface area contributed by atoms with Crippen LogP contribution in [0.5, 0.6) is 0 Å².